The summed E-state index contributed by atoms with van der Waals surface area (Å²) in [6.45, 7) is 0.449. The van der Waals surface area contributed by atoms with Crippen molar-refractivity contribution < 1.29 is 19.1 Å². The van der Waals surface area contributed by atoms with Gasteiger partial charge in [0.15, 0.2) is 0 Å². The molecular weight excluding hydrogens is 318 g/mol. The molecule has 25 heavy (non-hydrogen) atoms. The quantitative estimate of drug-likeness (QED) is 0.619. The largest absolute Gasteiger partial charge is 0.467 e. The molecule has 1 aliphatic heterocycles. The van der Waals surface area contributed by atoms with Crippen molar-refractivity contribution in [3.05, 3.63) is 71.8 Å². The maximum atomic E-state index is 12.5. The van der Waals surface area contributed by atoms with Crippen molar-refractivity contribution in [3.8, 4) is 0 Å². The van der Waals surface area contributed by atoms with Gasteiger partial charge in [0.05, 0.1) is 14.2 Å². The highest BCUT2D eigenvalue weighted by Crippen LogP contribution is 2.48. The maximum Gasteiger partial charge on any atom is 0.338 e. The second-order valence-electron chi connectivity index (χ2n) is 6.09. The van der Waals surface area contributed by atoms with E-state index >= 15 is 0 Å². The third-order valence-corrected chi connectivity index (χ3v) is 4.78. The summed E-state index contributed by atoms with van der Waals surface area (Å²) in [6.07, 6.45) is 0.337. The van der Waals surface area contributed by atoms with Gasteiger partial charge < -0.3 is 9.47 Å². The zero-order valence-corrected chi connectivity index (χ0v) is 14.3. The molecule has 1 atom stereocenters. The number of hydrogen-bond donors (Lipinski definition) is 0. The van der Waals surface area contributed by atoms with Crippen LogP contribution in [0.25, 0.3) is 0 Å². The first-order chi connectivity index (χ1) is 12.1. The molecule has 5 heteroatoms. The standard InChI is InChI=1S/C20H21NO4/c1-24-18(22)20(19(23)25-2)13-17(16-11-7-4-8-12-16)21(20)14-15-9-5-3-6-10-15/h3-12,17H,13-14H2,1-2H3. The fourth-order valence-corrected chi connectivity index (χ4v) is 3.48. The number of carbonyl (C=O) groups excluding carboxylic acids is 2. The van der Waals surface area contributed by atoms with Crippen molar-refractivity contribution in [1.29, 1.82) is 0 Å². The number of ether oxygens (including phenoxy) is 2. The molecule has 0 amide bonds. The van der Waals surface area contributed by atoms with Crippen LogP contribution in [0.15, 0.2) is 60.7 Å². The van der Waals surface area contributed by atoms with E-state index in [0.29, 0.717) is 13.0 Å². The smallest absolute Gasteiger partial charge is 0.338 e. The Kier molecular flexibility index (Phi) is 4.86. The number of carbonyl (C=O) groups is 2. The highest BCUT2D eigenvalue weighted by atomic mass is 16.5. The van der Waals surface area contributed by atoms with Crippen molar-refractivity contribution in [2.45, 2.75) is 24.5 Å². The van der Waals surface area contributed by atoms with Gasteiger partial charge in [0.1, 0.15) is 0 Å². The van der Waals surface area contributed by atoms with Crippen LogP contribution in [0.1, 0.15) is 23.6 Å². The molecule has 2 aromatic rings. The highest BCUT2D eigenvalue weighted by Gasteiger charge is 2.64. The molecule has 5 nitrogen and oxygen atoms in total. The number of hydrogen-bond acceptors (Lipinski definition) is 5. The molecule has 1 saturated heterocycles. The zero-order chi connectivity index (χ0) is 17.9. The molecule has 0 spiro atoms. The minimum Gasteiger partial charge on any atom is -0.467 e. The first-order valence-electron chi connectivity index (χ1n) is 8.16. The first kappa shape index (κ1) is 17.2. The van der Waals surface area contributed by atoms with Crippen LogP contribution in [0, 0.1) is 0 Å². The third-order valence-electron chi connectivity index (χ3n) is 4.78. The maximum absolute atomic E-state index is 12.5. The van der Waals surface area contributed by atoms with E-state index < -0.39 is 17.5 Å². The summed E-state index contributed by atoms with van der Waals surface area (Å²) in [4.78, 5) is 26.9. The van der Waals surface area contributed by atoms with Gasteiger partial charge in [-0.25, -0.2) is 9.59 Å². The lowest BCUT2D eigenvalue weighted by atomic mass is 9.74. The summed E-state index contributed by atoms with van der Waals surface area (Å²) < 4.78 is 9.90. The summed E-state index contributed by atoms with van der Waals surface area (Å²) in [7, 11) is 2.59. The average Bonchev–Trinajstić information content (AvgIpc) is 2.66. The van der Waals surface area contributed by atoms with Crippen LogP contribution in [0.4, 0.5) is 0 Å². The van der Waals surface area contributed by atoms with Crippen molar-refractivity contribution in [1.82, 2.24) is 4.90 Å². The van der Waals surface area contributed by atoms with Crippen LogP contribution in [0.2, 0.25) is 0 Å². The molecule has 0 N–H and O–H groups in total. The van der Waals surface area contributed by atoms with Crippen molar-refractivity contribution in [2.24, 2.45) is 0 Å². The van der Waals surface area contributed by atoms with Crippen LogP contribution in [0.5, 0.6) is 0 Å². The van der Waals surface area contributed by atoms with E-state index in [1.807, 2.05) is 65.6 Å². The lowest BCUT2D eigenvalue weighted by Gasteiger charge is -2.54. The minimum atomic E-state index is -1.40. The Morgan fingerprint density at radius 2 is 1.48 bits per heavy atom. The summed E-state index contributed by atoms with van der Waals surface area (Å²) in [5.74, 6) is -1.16. The van der Waals surface area contributed by atoms with Gasteiger partial charge in [0.2, 0.25) is 5.54 Å². The molecule has 1 unspecified atom stereocenters. The number of likely N-dealkylation sites (tertiary alicyclic amines) is 1. The van der Waals surface area contributed by atoms with E-state index in [1.165, 1.54) is 14.2 Å². The van der Waals surface area contributed by atoms with E-state index in [2.05, 4.69) is 0 Å². The second-order valence-corrected chi connectivity index (χ2v) is 6.09. The van der Waals surface area contributed by atoms with E-state index in [0.717, 1.165) is 11.1 Å². The second kappa shape index (κ2) is 7.07. The van der Waals surface area contributed by atoms with Crippen LogP contribution >= 0.6 is 0 Å². The predicted octanol–water partition coefficient (Wildman–Crippen LogP) is 2.72. The molecule has 0 aliphatic carbocycles. The predicted molar refractivity (Wildman–Crippen MR) is 92.5 cm³/mol. The summed E-state index contributed by atoms with van der Waals surface area (Å²) in [5, 5.41) is 0. The topological polar surface area (TPSA) is 55.8 Å². The first-order valence-corrected chi connectivity index (χ1v) is 8.16. The Morgan fingerprint density at radius 3 is 2.00 bits per heavy atom. The Bertz CT molecular complexity index is 729. The Balaban J connectivity index is 2.00. The molecule has 1 aliphatic rings. The van der Waals surface area contributed by atoms with Crippen molar-refractivity contribution >= 4 is 11.9 Å². The van der Waals surface area contributed by atoms with Gasteiger partial charge in [0, 0.05) is 19.0 Å². The Hall–Kier alpha value is -2.66. The number of esters is 2. The minimum absolute atomic E-state index is 0.0559. The monoisotopic (exact) mass is 339 g/mol. The number of benzene rings is 2. The molecule has 0 radical (unpaired) electrons. The molecule has 0 aromatic heterocycles. The normalized spacial score (nSPS) is 18.9. The van der Waals surface area contributed by atoms with Gasteiger partial charge in [0.25, 0.3) is 0 Å². The van der Waals surface area contributed by atoms with E-state index in [9.17, 15) is 9.59 Å². The van der Waals surface area contributed by atoms with E-state index in [4.69, 9.17) is 9.47 Å². The van der Waals surface area contributed by atoms with Crippen molar-refractivity contribution in [2.75, 3.05) is 14.2 Å². The van der Waals surface area contributed by atoms with Gasteiger partial charge in [-0.15, -0.1) is 0 Å². The molecule has 1 heterocycles. The summed E-state index contributed by atoms with van der Waals surface area (Å²) in [5.41, 5.74) is 0.669. The molecule has 0 bridgehead atoms. The average molecular weight is 339 g/mol. The van der Waals surface area contributed by atoms with Crippen molar-refractivity contribution in [3.63, 3.8) is 0 Å². The molecular formula is C20H21NO4. The third kappa shape index (κ3) is 2.91. The van der Waals surface area contributed by atoms with Gasteiger partial charge in [-0.3, -0.25) is 4.90 Å². The molecule has 3 rings (SSSR count). The number of methoxy groups -OCH3 is 2. The number of nitrogens with zero attached hydrogens (tertiary/aromatic N) is 1. The molecule has 2 aromatic carbocycles. The van der Waals surface area contributed by atoms with Crippen LogP contribution in [0.3, 0.4) is 0 Å². The zero-order valence-electron chi connectivity index (χ0n) is 14.3. The molecule has 0 saturated carbocycles. The molecule has 130 valence electrons. The van der Waals surface area contributed by atoms with Gasteiger partial charge >= 0.3 is 11.9 Å². The summed E-state index contributed by atoms with van der Waals surface area (Å²) >= 11 is 0. The Labute approximate surface area is 147 Å². The van der Waals surface area contributed by atoms with Gasteiger partial charge in [-0.1, -0.05) is 60.7 Å². The lowest BCUT2D eigenvalue weighted by Crippen LogP contribution is -2.70. The molecule has 1 fully saturated rings. The fraction of sp³-hybridized carbons (Fsp3) is 0.300. The van der Waals surface area contributed by atoms with Crippen LogP contribution in [-0.4, -0.2) is 36.6 Å². The van der Waals surface area contributed by atoms with Crippen LogP contribution in [-0.2, 0) is 25.6 Å². The SMILES string of the molecule is COC(=O)C1(C(=O)OC)CC(c2ccccc2)N1Cc1ccccc1. The van der Waals surface area contributed by atoms with E-state index in [1.54, 1.807) is 0 Å². The highest BCUT2D eigenvalue weighted by molar-refractivity contribution is 6.06. The van der Waals surface area contributed by atoms with E-state index in [-0.39, 0.29) is 6.04 Å². The van der Waals surface area contributed by atoms with Gasteiger partial charge in [-0.05, 0) is 11.1 Å². The summed E-state index contributed by atoms with van der Waals surface area (Å²) in [6, 6.07) is 19.5. The van der Waals surface area contributed by atoms with Crippen LogP contribution < -0.4 is 0 Å². The number of rotatable bonds is 5. The van der Waals surface area contributed by atoms with Gasteiger partial charge in [-0.2, -0.15) is 0 Å². The fourth-order valence-electron chi connectivity index (χ4n) is 3.48. The lowest BCUT2D eigenvalue weighted by molar-refractivity contribution is -0.193. The Morgan fingerprint density at radius 1 is 0.960 bits per heavy atom.